The van der Waals surface area contributed by atoms with Crippen LogP contribution in [-0.4, -0.2) is 39.4 Å². The molecule has 1 unspecified atom stereocenters. The maximum atomic E-state index is 11.0. The van der Waals surface area contributed by atoms with E-state index in [1.54, 1.807) is 0 Å². The fourth-order valence-corrected chi connectivity index (χ4v) is 1.26. The monoisotopic (exact) mass is 208 g/mol. The number of carbonyl (C=O) groups excluding carboxylic acids is 2. The van der Waals surface area contributed by atoms with Crippen LogP contribution in [0.1, 0.15) is 6.92 Å². The highest BCUT2D eigenvalue weighted by Gasteiger charge is 2.19. The summed E-state index contributed by atoms with van der Waals surface area (Å²) < 4.78 is 18.9. The molecule has 76 valence electrons. The molecule has 6 nitrogen and oxygen atoms in total. The van der Waals surface area contributed by atoms with Crippen LogP contribution in [0.2, 0.25) is 0 Å². The summed E-state index contributed by atoms with van der Waals surface area (Å²) in [6.07, 6.45) is 0. The normalized spacial score (nSPS) is 14.4. The molecular formula is C6H12N2O4S. The van der Waals surface area contributed by atoms with Crippen LogP contribution in [0.5, 0.6) is 0 Å². The van der Waals surface area contributed by atoms with Crippen LogP contribution < -0.4 is 10.6 Å². The van der Waals surface area contributed by atoms with E-state index in [2.05, 4.69) is 10.6 Å². The molecule has 0 aliphatic rings. The fourth-order valence-electron chi connectivity index (χ4n) is 0.745. The third-order valence-corrected chi connectivity index (χ3v) is 1.87. The average Bonchev–Trinajstić information content (AvgIpc) is 2.00. The van der Waals surface area contributed by atoms with Gasteiger partial charge >= 0.3 is 0 Å². The highest BCUT2D eigenvalue weighted by molar-refractivity contribution is 7.79. The van der Waals surface area contributed by atoms with Gasteiger partial charge in [-0.15, -0.1) is 0 Å². The first kappa shape index (κ1) is 12.0. The molecule has 0 aromatic rings. The van der Waals surface area contributed by atoms with Crippen molar-refractivity contribution in [1.29, 1.82) is 0 Å². The molecule has 0 saturated carbocycles. The van der Waals surface area contributed by atoms with Gasteiger partial charge in [0.05, 0.1) is 5.75 Å². The van der Waals surface area contributed by atoms with Gasteiger partial charge in [-0.05, 0) is 0 Å². The number of carbonyl (C=O) groups is 2. The molecule has 0 radical (unpaired) electrons. The van der Waals surface area contributed by atoms with Crippen LogP contribution in [0.3, 0.4) is 0 Å². The molecule has 2 atom stereocenters. The van der Waals surface area contributed by atoms with Crippen molar-refractivity contribution >= 4 is 22.9 Å². The zero-order chi connectivity index (χ0) is 10.4. The van der Waals surface area contributed by atoms with Crippen molar-refractivity contribution in [2.24, 2.45) is 0 Å². The van der Waals surface area contributed by atoms with Gasteiger partial charge in [0.1, 0.15) is 6.04 Å². The maximum absolute atomic E-state index is 11.0. The molecule has 3 N–H and O–H groups in total. The summed E-state index contributed by atoms with van der Waals surface area (Å²) in [6.45, 7) is 1.23. The van der Waals surface area contributed by atoms with Crippen molar-refractivity contribution in [2.75, 3.05) is 12.8 Å². The van der Waals surface area contributed by atoms with E-state index in [9.17, 15) is 13.8 Å². The summed E-state index contributed by atoms with van der Waals surface area (Å²) in [5.74, 6) is -1.21. The Morgan fingerprint density at radius 1 is 1.54 bits per heavy atom. The molecular weight excluding hydrogens is 196 g/mol. The van der Waals surface area contributed by atoms with Gasteiger partial charge in [0.25, 0.3) is 0 Å². The Balaban J connectivity index is 4.26. The molecule has 0 bridgehead atoms. The molecule has 7 heteroatoms. The highest BCUT2D eigenvalue weighted by Crippen LogP contribution is 1.87. The lowest BCUT2D eigenvalue weighted by molar-refractivity contribution is -0.127. The van der Waals surface area contributed by atoms with E-state index < -0.39 is 28.9 Å². The minimum Gasteiger partial charge on any atom is -0.357 e. The van der Waals surface area contributed by atoms with E-state index in [1.807, 2.05) is 0 Å². The summed E-state index contributed by atoms with van der Waals surface area (Å²) in [4.78, 5) is 21.6. The lowest BCUT2D eigenvalue weighted by atomic mass is 10.3. The Labute approximate surface area is 78.4 Å². The lowest BCUT2D eigenvalue weighted by Crippen LogP contribution is -2.48. The predicted molar refractivity (Wildman–Crippen MR) is 47.3 cm³/mol. The van der Waals surface area contributed by atoms with Crippen molar-refractivity contribution in [3.63, 3.8) is 0 Å². The van der Waals surface area contributed by atoms with Gasteiger partial charge in [-0.25, -0.2) is 4.21 Å². The number of hydrogen-bond donors (Lipinski definition) is 3. The zero-order valence-electron chi connectivity index (χ0n) is 7.36. The van der Waals surface area contributed by atoms with Gasteiger partial charge in [0.2, 0.25) is 11.8 Å². The molecule has 0 saturated heterocycles. The van der Waals surface area contributed by atoms with Gasteiger partial charge in [0.15, 0.2) is 11.1 Å². The molecule has 0 aliphatic carbocycles. The van der Waals surface area contributed by atoms with Crippen LogP contribution in [0, 0.1) is 0 Å². The summed E-state index contributed by atoms with van der Waals surface area (Å²) in [7, 11) is 1.39. The van der Waals surface area contributed by atoms with Crippen molar-refractivity contribution < 1.29 is 18.4 Å². The molecule has 0 spiro atoms. The maximum Gasteiger partial charge on any atom is 0.243 e. The molecule has 0 aliphatic heterocycles. The second-order valence-corrected chi connectivity index (χ2v) is 3.33. The second kappa shape index (κ2) is 5.65. The number of nitrogens with one attached hydrogen (secondary N) is 2. The Hall–Kier alpha value is -0.950. The summed E-state index contributed by atoms with van der Waals surface area (Å²) in [5.41, 5.74) is 0. The molecule has 0 aromatic carbocycles. The Morgan fingerprint density at radius 2 is 2.08 bits per heavy atom. The number of amides is 2. The van der Waals surface area contributed by atoms with Crippen LogP contribution in [0.25, 0.3) is 0 Å². The third kappa shape index (κ3) is 5.31. The largest absolute Gasteiger partial charge is 0.357 e. The fraction of sp³-hybridized carbons (Fsp3) is 0.667. The SMILES string of the molecule is CNC(=O)[C@H](CS(=O)O)NC(C)=O. The zero-order valence-corrected chi connectivity index (χ0v) is 8.18. The number of likely N-dealkylation sites (N-methyl/N-ethyl adjacent to an activating group) is 1. The van der Waals surface area contributed by atoms with E-state index >= 15 is 0 Å². The first-order chi connectivity index (χ1) is 5.97. The number of rotatable bonds is 4. The standard InChI is InChI=1S/C6H12N2O4S/c1-4(9)8-5(3-13(11)12)6(10)7-2/h5H,3H2,1-2H3,(H,7,10)(H,8,9)(H,11,12)/t5-/m0/s1. The first-order valence-electron chi connectivity index (χ1n) is 3.53. The molecule has 0 heterocycles. The lowest BCUT2D eigenvalue weighted by Gasteiger charge is -2.13. The second-order valence-electron chi connectivity index (χ2n) is 2.36. The van der Waals surface area contributed by atoms with Crippen molar-refractivity contribution in [3.8, 4) is 0 Å². The average molecular weight is 208 g/mol. The summed E-state index contributed by atoms with van der Waals surface area (Å²) in [6, 6.07) is -0.951. The minimum absolute atomic E-state index is 0.306. The van der Waals surface area contributed by atoms with Gasteiger partial charge in [-0.3, -0.25) is 9.59 Å². The highest BCUT2D eigenvalue weighted by atomic mass is 32.2. The number of hydrogen-bond acceptors (Lipinski definition) is 3. The Bertz CT molecular complexity index is 215. The molecule has 0 fully saturated rings. The topological polar surface area (TPSA) is 95.5 Å². The Morgan fingerprint density at radius 3 is 2.38 bits per heavy atom. The van der Waals surface area contributed by atoms with E-state index in [-0.39, 0.29) is 5.75 Å². The van der Waals surface area contributed by atoms with Crippen molar-refractivity contribution in [3.05, 3.63) is 0 Å². The third-order valence-electron chi connectivity index (χ3n) is 1.25. The van der Waals surface area contributed by atoms with E-state index in [0.29, 0.717) is 0 Å². The van der Waals surface area contributed by atoms with Crippen LogP contribution in [0.4, 0.5) is 0 Å². The Kier molecular flexibility index (Phi) is 5.24. The smallest absolute Gasteiger partial charge is 0.243 e. The van der Waals surface area contributed by atoms with E-state index in [4.69, 9.17) is 4.55 Å². The summed E-state index contributed by atoms with van der Waals surface area (Å²) >= 11 is -2.11. The van der Waals surface area contributed by atoms with E-state index in [1.165, 1.54) is 14.0 Å². The van der Waals surface area contributed by atoms with Gasteiger partial charge in [-0.2, -0.15) is 0 Å². The first-order valence-corrected chi connectivity index (χ1v) is 4.81. The van der Waals surface area contributed by atoms with Crippen molar-refractivity contribution in [2.45, 2.75) is 13.0 Å². The van der Waals surface area contributed by atoms with Crippen molar-refractivity contribution in [1.82, 2.24) is 10.6 Å². The quantitative estimate of drug-likeness (QED) is 0.488. The molecule has 2 amide bonds. The summed E-state index contributed by atoms with van der Waals surface area (Å²) in [5, 5.41) is 4.53. The van der Waals surface area contributed by atoms with Crippen LogP contribution in [0.15, 0.2) is 0 Å². The van der Waals surface area contributed by atoms with Crippen LogP contribution >= 0.6 is 0 Å². The molecule has 13 heavy (non-hydrogen) atoms. The van der Waals surface area contributed by atoms with Gasteiger partial charge < -0.3 is 15.2 Å². The van der Waals surface area contributed by atoms with Crippen LogP contribution in [-0.2, 0) is 20.7 Å². The van der Waals surface area contributed by atoms with Gasteiger partial charge in [-0.1, -0.05) is 0 Å². The minimum atomic E-state index is -2.11. The predicted octanol–water partition coefficient (Wildman–Crippen LogP) is -1.54. The van der Waals surface area contributed by atoms with Gasteiger partial charge in [0, 0.05) is 14.0 Å². The molecule has 0 rings (SSSR count). The van der Waals surface area contributed by atoms with E-state index in [0.717, 1.165) is 0 Å². The molecule has 0 aromatic heterocycles.